The van der Waals surface area contributed by atoms with Crippen LogP contribution in [-0.2, 0) is 0 Å². The second kappa shape index (κ2) is 56.4. The monoisotopic (exact) mass is 1140 g/mol. The van der Waals surface area contributed by atoms with Gasteiger partial charge in [0.05, 0.1) is 44.5 Å². The molecule has 23 heteroatoms. The molecule has 0 aliphatic heterocycles. The Morgan fingerprint density at radius 3 is 0.253 bits per heavy atom. The summed E-state index contributed by atoms with van der Waals surface area (Å²) in [4.78, 5) is 81.6. The van der Waals surface area contributed by atoms with E-state index in [1.807, 2.05) is 0 Å². The molecule has 0 bridgehead atoms. The zero-order valence-electron chi connectivity index (χ0n) is 37.9. The van der Waals surface area contributed by atoms with E-state index in [1.54, 1.807) is 243 Å². The van der Waals surface area contributed by atoms with Crippen LogP contribution in [0, 0.1) is 0 Å². The van der Waals surface area contributed by atoms with Crippen molar-refractivity contribution in [1.82, 2.24) is 0 Å². The summed E-state index contributed by atoms with van der Waals surface area (Å²) in [7, 11) is 0. The zero-order valence-corrected chi connectivity index (χ0v) is 37.9. The quantitative estimate of drug-likeness (QED) is 0.0749. The fraction of sp³-hybridized carbons (Fsp3) is 0. The maximum absolute atomic E-state index is 10.2. The first-order valence-electron chi connectivity index (χ1n) is 20.7. The fourth-order valence-electron chi connectivity index (χ4n) is 4.65. The number of hydrogen-bond acceptors (Lipinski definition) is 8. The van der Waals surface area contributed by atoms with Crippen molar-refractivity contribution in [2.75, 3.05) is 0 Å². The van der Waals surface area contributed by atoms with Crippen LogP contribution in [0.2, 0.25) is 0 Å². The summed E-state index contributed by atoms with van der Waals surface area (Å²) in [6, 6.07) is 66.4. The fourth-order valence-corrected chi connectivity index (χ4v) is 4.65. The third-order valence-electron chi connectivity index (χ3n) is 8.17. The second-order valence-electron chi connectivity index (χ2n) is 13.4. The van der Waals surface area contributed by atoms with E-state index in [-0.39, 0.29) is 207 Å². The van der Waals surface area contributed by atoms with Gasteiger partial charge < -0.3 is 40.9 Å². The maximum atomic E-state index is 10.2. The first-order valence-corrected chi connectivity index (χ1v) is 20.7. The van der Waals surface area contributed by atoms with Gasteiger partial charge in [0.25, 0.3) is 0 Å². The van der Waals surface area contributed by atoms with Crippen LogP contribution in [0.15, 0.2) is 243 Å². The minimum absolute atomic E-state index is 0. The van der Waals surface area contributed by atoms with Crippen molar-refractivity contribution in [2.45, 2.75) is 0 Å². The predicted molar refractivity (Wildman–Crippen MR) is 317 cm³/mol. The molecule has 382 valence electrons. The molecule has 0 aromatic heterocycles. The Kier molecular flexibility index (Phi) is 63.8. The topological polar surface area (TPSA) is 298 Å². The number of carboxylic acids is 8. The van der Waals surface area contributed by atoms with Gasteiger partial charge in [-0.15, -0.1) is 0 Å². The van der Waals surface area contributed by atoms with Crippen LogP contribution in [0.1, 0.15) is 82.9 Å². The molecule has 8 aromatic carbocycles. The van der Waals surface area contributed by atoms with Crippen molar-refractivity contribution in [3.05, 3.63) is 287 Å². The normalized spacial score (nSPS) is 8.10. The Morgan fingerprint density at radius 2 is 0.215 bits per heavy atom. The first-order chi connectivity index (χ1) is 34.4. The van der Waals surface area contributed by atoms with Crippen molar-refractivity contribution < 1.29 is 79.2 Å². The molecular weight excluding hydrogens is 1090 g/mol. The molecule has 0 spiro atoms. The summed E-state index contributed by atoms with van der Waals surface area (Å²) in [6.45, 7) is 0. The molecule has 8 rings (SSSR count). The van der Waals surface area contributed by atoms with Crippen LogP contribution in [0.3, 0.4) is 0 Å². The molecule has 16 nitrogen and oxygen atoms in total. The van der Waals surface area contributed by atoms with E-state index >= 15 is 0 Å². The Balaban J connectivity index is -0.000000148. The first kappa shape index (κ1) is 89.3. The van der Waals surface area contributed by atoms with Crippen LogP contribution >= 0.6 is 0 Å². The van der Waals surface area contributed by atoms with E-state index in [0.717, 1.165) is 0 Å². The molecular formula is C56H55Na7O16. The number of carbonyl (C=O) groups is 8. The van der Waals surface area contributed by atoms with Gasteiger partial charge >= 0.3 is 255 Å². The van der Waals surface area contributed by atoms with Gasteiger partial charge in [-0.3, -0.25) is 0 Å². The number of hydrogen-bond donors (Lipinski definition) is 8. The molecule has 8 aromatic rings. The van der Waals surface area contributed by atoms with E-state index in [9.17, 15) is 38.4 Å². The third-order valence-corrected chi connectivity index (χ3v) is 8.17. The van der Waals surface area contributed by atoms with Crippen molar-refractivity contribution in [3.63, 3.8) is 0 Å². The van der Waals surface area contributed by atoms with Crippen LogP contribution in [-0.4, -0.2) is 296 Å². The average molecular weight is 1140 g/mol. The summed E-state index contributed by atoms with van der Waals surface area (Å²) in [5.74, 6) is -7.03. The molecule has 0 fully saturated rings. The minimum atomic E-state index is -0.879. The van der Waals surface area contributed by atoms with Gasteiger partial charge in [-0.2, -0.15) is 0 Å². The van der Waals surface area contributed by atoms with Crippen molar-refractivity contribution >= 4 is 255 Å². The van der Waals surface area contributed by atoms with Gasteiger partial charge in [-0.05, 0) is 97.1 Å². The van der Waals surface area contributed by atoms with Gasteiger partial charge in [0.1, 0.15) is 0 Å². The number of benzene rings is 8. The molecule has 0 unspecified atom stereocenters. The molecule has 0 saturated carbocycles. The SMILES string of the molecule is O=C(O)c1ccccc1.O=C(O)c1ccccc1.O=C(O)c1ccccc1.O=C(O)c1ccccc1.O=C(O)c1ccccc1.O=C(O)c1ccccc1.O=C(O)c1ccccc1.O=C(O)c1ccccc1.[NaH].[NaH].[NaH].[NaH].[NaH].[NaH].[NaH]. The van der Waals surface area contributed by atoms with Crippen molar-refractivity contribution in [1.29, 1.82) is 0 Å². The summed E-state index contributed by atoms with van der Waals surface area (Å²) >= 11 is 0. The van der Waals surface area contributed by atoms with Crippen LogP contribution in [0.5, 0.6) is 0 Å². The number of carboxylic acid groups (broad SMARTS) is 8. The summed E-state index contributed by atoms with van der Waals surface area (Å²) in [5, 5.41) is 67.1. The van der Waals surface area contributed by atoms with Crippen LogP contribution in [0.25, 0.3) is 0 Å². The Bertz CT molecular complexity index is 2260. The Morgan fingerprint density at radius 1 is 0.152 bits per heavy atom. The molecule has 0 amide bonds. The van der Waals surface area contributed by atoms with E-state index in [4.69, 9.17) is 40.9 Å². The summed E-state index contributed by atoms with van der Waals surface area (Å²) in [5.41, 5.74) is 2.65. The van der Waals surface area contributed by atoms with Crippen LogP contribution < -0.4 is 0 Å². The molecule has 0 radical (unpaired) electrons. The molecule has 8 N–H and O–H groups in total. The van der Waals surface area contributed by atoms with Crippen molar-refractivity contribution in [3.8, 4) is 0 Å². The Hall–Kier alpha value is -3.48. The van der Waals surface area contributed by atoms with Crippen molar-refractivity contribution in [2.24, 2.45) is 0 Å². The van der Waals surface area contributed by atoms with Gasteiger partial charge in [-0.25, -0.2) is 38.4 Å². The van der Waals surface area contributed by atoms with Gasteiger partial charge in [0.15, 0.2) is 0 Å². The molecule has 0 atom stereocenters. The van der Waals surface area contributed by atoms with E-state index in [1.165, 1.54) is 0 Å². The number of aromatic carboxylic acids is 8. The average Bonchev–Trinajstić information content (AvgIpc) is 3.42. The van der Waals surface area contributed by atoms with E-state index in [0.29, 0.717) is 44.5 Å². The second-order valence-corrected chi connectivity index (χ2v) is 13.4. The third kappa shape index (κ3) is 45.8. The van der Waals surface area contributed by atoms with Gasteiger partial charge in [-0.1, -0.05) is 146 Å². The van der Waals surface area contributed by atoms with E-state index in [2.05, 4.69) is 0 Å². The van der Waals surface area contributed by atoms with Gasteiger partial charge in [0.2, 0.25) is 0 Å². The molecule has 0 aliphatic carbocycles. The molecule has 0 heterocycles. The Labute approximate surface area is 611 Å². The summed E-state index contributed by atoms with van der Waals surface area (Å²) < 4.78 is 0. The standard InChI is InChI=1S/8C7H6O2.7Na.7H/c8*8-7(9)6-4-2-1-3-5-6;;;;;;;;;;;;;;/h8*1-5H,(H,8,9);;;;;;;;;;;;;;. The van der Waals surface area contributed by atoms with Crippen LogP contribution in [0.4, 0.5) is 0 Å². The zero-order chi connectivity index (χ0) is 53.5. The van der Waals surface area contributed by atoms with Gasteiger partial charge in [0, 0.05) is 0 Å². The van der Waals surface area contributed by atoms with E-state index < -0.39 is 47.8 Å². The summed E-state index contributed by atoms with van der Waals surface area (Å²) in [6.07, 6.45) is 0. The molecule has 0 saturated heterocycles. The number of rotatable bonds is 8. The molecule has 79 heavy (non-hydrogen) atoms. The predicted octanol–water partition coefficient (Wildman–Crippen LogP) is 6.54. The molecule has 0 aliphatic rings.